The second-order valence-corrected chi connectivity index (χ2v) is 6.78. The molecule has 0 atom stereocenters. The first-order valence-electron chi connectivity index (χ1n) is 9.80. The number of nitriles is 1. The Kier molecular flexibility index (Phi) is 6.15. The third-order valence-corrected chi connectivity index (χ3v) is 4.71. The molecule has 0 unspecified atom stereocenters. The SMILES string of the molecule is COc1ccc(CNc2oc(COc3ccc(-c4ccccc4)cc3)nc2C#N)cc1. The highest BCUT2D eigenvalue weighted by atomic mass is 16.5. The highest BCUT2D eigenvalue weighted by Crippen LogP contribution is 2.24. The fraction of sp³-hybridized carbons (Fsp3) is 0.120. The molecule has 6 nitrogen and oxygen atoms in total. The third kappa shape index (κ3) is 5.03. The third-order valence-electron chi connectivity index (χ3n) is 4.71. The highest BCUT2D eigenvalue weighted by molar-refractivity contribution is 5.63. The van der Waals surface area contributed by atoms with Gasteiger partial charge < -0.3 is 19.2 Å². The summed E-state index contributed by atoms with van der Waals surface area (Å²) < 4.78 is 16.6. The predicted octanol–water partition coefficient (Wildman–Crippen LogP) is 5.41. The minimum Gasteiger partial charge on any atom is -0.497 e. The maximum atomic E-state index is 9.35. The number of hydrogen-bond donors (Lipinski definition) is 1. The summed E-state index contributed by atoms with van der Waals surface area (Å²) in [5, 5.41) is 12.5. The molecule has 0 aliphatic rings. The Morgan fingerprint density at radius 1 is 0.903 bits per heavy atom. The van der Waals surface area contributed by atoms with Crippen LogP contribution in [0.25, 0.3) is 11.1 Å². The van der Waals surface area contributed by atoms with E-state index in [0.717, 1.165) is 22.4 Å². The van der Waals surface area contributed by atoms with Crippen LogP contribution in [0.15, 0.2) is 83.3 Å². The summed E-state index contributed by atoms with van der Waals surface area (Å²) in [5.74, 6) is 2.15. The smallest absolute Gasteiger partial charge is 0.236 e. The number of benzene rings is 3. The lowest BCUT2D eigenvalue weighted by Crippen LogP contribution is -1.99. The molecule has 0 radical (unpaired) electrons. The van der Waals surface area contributed by atoms with Gasteiger partial charge in [-0.05, 0) is 41.0 Å². The van der Waals surface area contributed by atoms with Gasteiger partial charge in [0.1, 0.15) is 17.6 Å². The molecule has 0 bridgehead atoms. The largest absolute Gasteiger partial charge is 0.497 e. The Hall–Kier alpha value is -4.24. The van der Waals surface area contributed by atoms with E-state index in [9.17, 15) is 5.26 Å². The fourth-order valence-corrected chi connectivity index (χ4v) is 3.07. The van der Waals surface area contributed by atoms with Gasteiger partial charge in [0.15, 0.2) is 6.61 Å². The molecule has 0 saturated heterocycles. The zero-order valence-corrected chi connectivity index (χ0v) is 17.0. The summed E-state index contributed by atoms with van der Waals surface area (Å²) in [7, 11) is 1.63. The van der Waals surface area contributed by atoms with Gasteiger partial charge in [0, 0.05) is 6.54 Å². The van der Waals surface area contributed by atoms with Crippen molar-refractivity contribution in [3.8, 4) is 28.7 Å². The average molecular weight is 411 g/mol. The van der Waals surface area contributed by atoms with E-state index in [1.165, 1.54) is 0 Å². The second kappa shape index (κ2) is 9.51. The van der Waals surface area contributed by atoms with Crippen LogP contribution in [0.1, 0.15) is 17.1 Å². The normalized spacial score (nSPS) is 10.3. The molecule has 31 heavy (non-hydrogen) atoms. The zero-order valence-electron chi connectivity index (χ0n) is 17.0. The molecule has 1 N–H and O–H groups in total. The van der Waals surface area contributed by atoms with Crippen molar-refractivity contribution in [3.63, 3.8) is 0 Å². The molecule has 4 aromatic rings. The van der Waals surface area contributed by atoms with Crippen LogP contribution in [0, 0.1) is 11.3 Å². The Morgan fingerprint density at radius 3 is 2.26 bits per heavy atom. The summed E-state index contributed by atoms with van der Waals surface area (Å²) in [6.45, 7) is 0.624. The Bertz CT molecular complexity index is 1160. The van der Waals surface area contributed by atoms with E-state index in [1.54, 1.807) is 7.11 Å². The van der Waals surface area contributed by atoms with Crippen LogP contribution in [-0.2, 0) is 13.2 Å². The lowest BCUT2D eigenvalue weighted by atomic mass is 10.1. The minimum absolute atomic E-state index is 0.129. The number of hydrogen-bond acceptors (Lipinski definition) is 6. The average Bonchev–Trinajstić information content (AvgIpc) is 3.25. The lowest BCUT2D eigenvalue weighted by molar-refractivity contribution is 0.265. The highest BCUT2D eigenvalue weighted by Gasteiger charge is 2.13. The first kappa shape index (κ1) is 20.0. The maximum absolute atomic E-state index is 9.35. The van der Waals surface area contributed by atoms with E-state index >= 15 is 0 Å². The van der Waals surface area contributed by atoms with Crippen molar-refractivity contribution in [2.24, 2.45) is 0 Å². The quantitative estimate of drug-likeness (QED) is 0.417. The number of anilines is 1. The molecule has 0 aliphatic carbocycles. The summed E-state index contributed by atoms with van der Waals surface area (Å²) in [6, 6.07) is 27.6. The number of oxazole rings is 1. The molecule has 0 spiro atoms. The fourth-order valence-electron chi connectivity index (χ4n) is 3.07. The molecule has 1 aromatic heterocycles. The maximum Gasteiger partial charge on any atom is 0.236 e. The van der Waals surface area contributed by atoms with Gasteiger partial charge in [0.25, 0.3) is 0 Å². The molecule has 0 fully saturated rings. The summed E-state index contributed by atoms with van der Waals surface area (Å²) in [4.78, 5) is 4.21. The monoisotopic (exact) mass is 411 g/mol. The van der Waals surface area contributed by atoms with Gasteiger partial charge in [0.05, 0.1) is 7.11 Å². The molecular weight excluding hydrogens is 390 g/mol. The van der Waals surface area contributed by atoms with Crippen molar-refractivity contribution >= 4 is 5.88 Å². The Labute approximate surface area is 180 Å². The first-order valence-corrected chi connectivity index (χ1v) is 9.80. The predicted molar refractivity (Wildman–Crippen MR) is 118 cm³/mol. The minimum atomic E-state index is 0.129. The van der Waals surface area contributed by atoms with Crippen molar-refractivity contribution in [3.05, 3.63) is 96.0 Å². The van der Waals surface area contributed by atoms with Gasteiger partial charge in [-0.3, -0.25) is 0 Å². The number of ether oxygens (including phenoxy) is 2. The number of rotatable bonds is 8. The van der Waals surface area contributed by atoms with Crippen molar-refractivity contribution in [2.45, 2.75) is 13.2 Å². The van der Waals surface area contributed by atoms with Crippen LogP contribution >= 0.6 is 0 Å². The molecule has 4 rings (SSSR count). The van der Waals surface area contributed by atoms with Crippen LogP contribution in [0.4, 0.5) is 5.88 Å². The van der Waals surface area contributed by atoms with Gasteiger partial charge in [-0.2, -0.15) is 10.2 Å². The summed E-state index contributed by atoms with van der Waals surface area (Å²) >= 11 is 0. The zero-order chi connectivity index (χ0) is 21.5. The van der Waals surface area contributed by atoms with Crippen LogP contribution in [0.3, 0.4) is 0 Å². The van der Waals surface area contributed by atoms with E-state index < -0.39 is 0 Å². The van der Waals surface area contributed by atoms with Crippen molar-refractivity contribution in [2.75, 3.05) is 12.4 Å². The molecule has 0 amide bonds. The number of methoxy groups -OCH3 is 1. The van der Waals surface area contributed by atoms with Crippen LogP contribution < -0.4 is 14.8 Å². The Morgan fingerprint density at radius 2 is 1.58 bits per heavy atom. The molecule has 0 saturated carbocycles. The van der Waals surface area contributed by atoms with Crippen LogP contribution in [0.5, 0.6) is 11.5 Å². The van der Waals surface area contributed by atoms with Gasteiger partial charge in [-0.25, -0.2) is 0 Å². The van der Waals surface area contributed by atoms with Crippen LogP contribution in [0.2, 0.25) is 0 Å². The standard InChI is InChI=1S/C25H21N3O3/c1-29-21-11-7-18(8-12-21)16-27-25-23(15-26)28-24(31-25)17-30-22-13-9-20(10-14-22)19-5-3-2-4-6-19/h2-14,27H,16-17H2,1H3. The topological polar surface area (TPSA) is 80.3 Å². The van der Waals surface area contributed by atoms with Crippen molar-refractivity contribution in [1.29, 1.82) is 5.26 Å². The molecule has 3 aromatic carbocycles. The molecule has 0 aliphatic heterocycles. The van der Waals surface area contributed by atoms with Gasteiger partial charge in [-0.1, -0.05) is 54.6 Å². The van der Waals surface area contributed by atoms with E-state index in [2.05, 4.69) is 28.5 Å². The molecular formula is C25H21N3O3. The van der Waals surface area contributed by atoms with Gasteiger partial charge in [-0.15, -0.1) is 0 Å². The van der Waals surface area contributed by atoms with E-state index in [-0.39, 0.29) is 12.3 Å². The number of nitrogens with zero attached hydrogens (tertiary/aromatic N) is 2. The van der Waals surface area contributed by atoms with E-state index in [0.29, 0.717) is 24.1 Å². The summed E-state index contributed by atoms with van der Waals surface area (Å²) in [5.41, 5.74) is 3.48. The number of nitrogens with one attached hydrogen (secondary N) is 1. The molecule has 154 valence electrons. The van der Waals surface area contributed by atoms with Crippen LogP contribution in [-0.4, -0.2) is 12.1 Å². The molecule has 6 heteroatoms. The lowest BCUT2D eigenvalue weighted by Gasteiger charge is -2.06. The molecule has 1 heterocycles. The van der Waals surface area contributed by atoms with Gasteiger partial charge in [0.2, 0.25) is 17.5 Å². The van der Waals surface area contributed by atoms with Crippen molar-refractivity contribution in [1.82, 2.24) is 4.98 Å². The van der Waals surface area contributed by atoms with E-state index in [4.69, 9.17) is 13.9 Å². The first-order chi connectivity index (χ1) is 15.2. The van der Waals surface area contributed by atoms with E-state index in [1.807, 2.05) is 66.7 Å². The van der Waals surface area contributed by atoms with Gasteiger partial charge >= 0.3 is 0 Å². The summed E-state index contributed by atoms with van der Waals surface area (Å²) in [6.07, 6.45) is 0. The number of aromatic nitrogens is 1. The second-order valence-electron chi connectivity index (χ2n) is 6.78. The Balaban J connectivity index is 1.37. The van der Waals surface area contributed by atoms with Crippen molar-refractivity contribution < 1.29 is 13.9 Å².